The summed E-state index contributed by atoms with van der Waals surface area (Å²) >= 11 is 0. The van der Waals surface area contributed by atoms with Gasteiger partial charge in [0.25, 0.3) is 0 Å². The van der Waals surface area contributed by atoms with Crippen molar-refractivity contribution in [1.82, 2.24) is 0 Å². The van der Waals surface area contributed by atoms with Crippen LogP contribution in [-0.4, -0.2) is 11.6 Å². The van der Waals surface area contributed by atoms with Crippen molar-refractivity contribution in [1.29, 1.82) is 0 Å². The molecule has 36 heavy (non-hydrogen) atoms. The number of carbonyl (C=O) groups excluding carboxylic acids is 2. The summed E-state index contributed by atoms with van der Waals surface area (Å²) in [4.78, 5) is 31.6. The van der Waals surface area contributed by atoms with E-state index in [1.54, 1.807) is 16.7 Å². The lowest BCUT2D eigenvalue weighted by Crippen LogP contribution is -2.61. The second-order valence-electron chi connectivity index (χ2n) is 15.7. The first kappa shape index (κ1) is 19.8. The van der Waals surface area contributed by atoms with E-state index in [0.717, 1.165) is 0 Å². The molecular formula is C34H40O2. The second kappa shape index (κ2) is 5.58. The average Bonchev–Trinajstić information content (AvgIpc) is 3.71. The Bertz CT molecular complexity index is 1250. The van der Waals surface area contributed by atoms with E-state index >= 15 is 9.59 Å². The molecule has 2 heteroatoms. The molecule has 11 aliphatic rings. The van der Waals surface area contributed by atoms with Crippen LogP contribution >= 0.6 is 0 Å². The highest BCUT2D eigenvalue weighted by Gasteiger charge is 2.98. The van der Waals surface area contributed by atoms with Crippen LogP contribution in [0, 0.1) is 69.0 Å². The average molecular weight is 481 g/mol. The van der Waals surface area contributed by atoms with Crippen molar-refractivity contribution in [2.45, 2.75) is 103 Å². The zero-order valence-electron chi connectivity index (χ0n) is 21.7. The molecule has 0 saturated heterocycles. The van der Waals surface area contributed by atoms with Crippen LogP contribution < -0.4 is 0 Å². The maximum absolute atomic E-state index is 16.0. The van der Waals surface area contributed by atoms with E-state index in [-0.39, 0.29) is 21.7 Å². The van der Waals surface area contributed by atoms with Crippen molar-refractivity contribution < 1.29 is 9.59 Å². The number of fused-ring (bicyclic) bond motifs is 5. The fourth-order valence-electron chi connectivity index (χ4n) is 12.4. The highest BCUT2D eigenvalue weighted by atomic mass is 16.1. The first-order valence-electron chi connectivity index (χ1n) is 16.2. The minimum Gasteiger partial charge on any atom is -0.298 e. The SMILES string of the molecule is O=C1C2(C3CC3)C(C3CC3)=C(C3CC3)C1(C1CC1)C1(C3CC3)C(C3CC3)=C(C3CC3)C(=O)C21C1CC1. The fraction of sp³-hybridized carbons (Fsp3) is 0.824. The summed E-state index contributed by atoms with van der Waals surface area (Å²) in [5.41, 5.74) is 5.55. The second-order valence-corrected chi connectivity index (χ2v) is 15.7. The molecule has 9 saturated carbocycles. The molecule has 11 rings (SSSR count). The maximum Gasteiger partial charge on any atom is 0.167 e. The molecule has 0 radical (unpaired) electrons. The van der Waals surface area contributed by atoms with Gasteiger partial charge in [0.15, 0.2) is 11.6 Å². The Morgan fingerprint density at radius 3 is 1.22 bits per heavy atom. The lowest BCUT2D eigenvalue weighted by atomic mass is 9.40. The molecular weight excluding hydrogens is 440 g/mol. The van der Waals surface area contributed by atoms with Crippen LogP contribution in [0.25, 0.3) is 0 Å². The van der Waals surface area contributed by atoms with Gasteiger partial charge in [0, 0.05) is 5.41 Å². The number of ketones is 2. The molecule has 11 aliphatic carbocycles. The first-order valence-corrected chi connectivity index (χ1v) is 16.2. The van der Waals surface area contributed by atoms with E-state index in [0.29, 0.717) is 58.9 Å². The zero-order chi connectivity index (χ0) is 23.4. The molecule has 9 fully saturated rings. The summed E-state index contributed by atoms with van der Waals surface area (Å²) < 4.78 is 0. The van der Waals surface area contributed by atoms with Gasteiger partial charge in [-0.1, -0.05) is 16.7 Å². The van der Waals surface area contributed by atoms with E-state index in [1.807, 2.05) is 0 Å². The molecule has 0 spiro atoms. The fourth-order valence-corrected chi connectivity index (χ4v) is 12.4. The lowest BCUT2D eigenvalue weighted by molar-refractivity contribution is -0.148. The van der Waals surface area contributed by atoms with Gasteiger partial charge < -0.3 is 0 Å². The number of allylic oxidation sites excluding steroid dienone is 4. The summed E-state index contributed by atoms with van der Waals surface area (Å²) in [5.74, 6) is 6.09. The van der Waals surface area contributed by atoms with Crippen molar-refractivity contribution in [3.8, 4) is 0 Å². The third kappa shape index (κ3) is 1.75. The van der Waals surface area contributed by atoms with Crippen LogP contribution in [0.4, 0.5) is 0 Å². The van der Waals surface area contributed by atoms with E-state index < -0.39 is 0 Å². The topological polar surface area (TPSA) is 34.1 Å². The lowest BCUT2D eigenvalue weighted by Gasteiger charge is -2.60. The Hall–Kier alpha value is -1.18. The molecule has 0 aromatic carbocycles. The van der Waals surface area contributed by atoms with Gasteiger partial charge in [-0.05, 0) is 156 Å². The molecule has 0 heterocycles. The molecule has 0 aromatic heterocycles. The molecule has 0 N–H and O–H groups in total. The summed E-state index contributed by atoms with van der Waals surface area (Å²) in [5, 5.41) is 0. The van der Waals surface area contributed by atoms with Gasteiger partial charge in [-0.3, -0.25) is 9.59 Å². The number of Topliss-reactive ketones (excluding diaryl/α,β-unsaturated/α-hetero) is 2. The Morgan fingerprint density at radius 1 is 0.417 bits per heavy atom. The van der Waals surface area contributed by atoms with Gasteiger partial charge in [0.1, 0.15) is 0 Å². The van der Waals surface area contributed by atoms with E-state index in [4.69, 9.17) is 0 Å². The molecule has 4 unspecified atom stereocenters. The molecule has 0 amide bonds. The third-order valence-corrected chi connectivity index (χ3v) is 13.7. The van der Waals surface area contributed by atoms with Crippen LogP contribution in [-0.2, 0) is 9.59 Å². The van der Waals surface area contributed by atoms with Crippen LogP contribution in [0.3, 0.4) is 0 Å². The van der Waals surface area contributed by atoms with Gasteiger partial charge in [-0.2, -0.15) is 0 Å². The zero-order valence-corrected chi connectivity index (χ0v) is 21.7. The van der Waals surface area contributed by atoms with Gasteiger partial charge in [-0.25, -0.2) is 0 Å². The Kier molecular flexibility index (Phi) is 3.07. The predicted molar refractivity (Wildman–Crippen MR) is 136 cm³/mol. The standard InChI is InChI=1S/C34H40O2/c35-29-25(17-1-2-17)26(18-3-4-18)33(23-13-14-23)31(21-9-10-21)27(19-5-6-19)28(20-7-8-20)32(30(31)36,22-11-12-22)34(29,33)24-15-16-24/h17-24H,1-16H2. The molecule has 188 valence electrons. The Morgan fingerprint density at radius 2 is 0.806 bits per heavy atom. The van der Waals surface area contributed by atoms with Crippen molar-refractivity contribution in [2.75, 3.05) is 0 Å². The van der Waals surface area contributed by atoms with E-state index in [1.165, 1.54) is 108 Å². The Balaban J connectivity index is 1.36. The monoisotopic (exact) mass is 480 g/mol. The van der Waals surface area contributed by atoms with Crippen LogP contribution in [0.1, 0.15) is 103 Å². The van der Waals surface area contributed by atoms with Crippen molar-refractivity contribution in [3.63, 3.8) is 0 Å². The van der Waals surface area contributed by atoms with Gasteiger partial charge in [-0.15, -0.1) is 0 Å². The highest BCUT2D eigenvalue weighted by molar-refractivity contribution is 6.19. The summed E-state index contributed by atoms with van der Waals surface area (Å²) in [6.45, 7) is 0. The maximum atomic E-state index is 16.0. The quantitative estimate of drug-likeness (QED) is 0.351. The smallest absolute Gasteiger partial charge is 0.167 e. The molecule has 2 nitrogen and oxygen atoms in total. The minimum absolute atomic E-state index is 0.0749. The molecule has 2 bridgehead atoms. The predicted octanol–water partition coefficient (Wildman–Crippen LogP) is 6.98. The van der Waals surface area contributed by atoms with Crippen LogP contribution in [0.2, 0.25) is 0 Å². The van der Waals surface area contributed by atoms with E-state index in [9.17, 15) is 0 Å². The van der Waals surface area contributed by atoms with Crippen LogP contribution in [0.15, 0.2) is 22.3 Å². The first-order chi connectivity index (χ1) is 17.7. The summed E-state index contributed by atoms with van der Waals surface area (Å²) in [7, 11) is 0. The summed E-state index contributed by atoms with van der Waals surface area (Å²) in [6, 6.07) is 0. The minimum atomic E-state index is -0.369. The third-order valence-electron chi connectivity index (χ3n) is 13.7. The molecule has 4 atom stereocenters. The van der Waals surface area contributed by atoms with Gasteiger partial charge in [0.2, 0.25) is 0 Å². The van der Waals surface area contributed by atoms with Gasteiger partial charge in [0.05, 0.1) is 16.2 Å². The highest BCUT2D eigenvalue weighted by Crippen LogP contribution is 2.97. The van der Waals surface area contributed by atoms with Crippen LogP contribution in [0.5, 0.6) is 0 Å². The number of hydrogen-bond donors (Lipinski definition) is 0. The largest absolute Gasteiger partial charge is 0.298 e. The summed E-state index contributed by atoms with van der Waals surface area (Å²) in [6.07, 6.45) is 20.4. The van der Waals surface area contributed by atoms with Crippen molar-refractivity contribution in [3.05, 3.63) is 22.3 Å². The number of carbonyl (C=O) groups is 2. The normalized spacial score (nSPS) is 50.1. The van der Waals surface area contributed by atoms with Gasteiger partial charge >= 0.3 is 0 Å². The number of rotatable bonds is 8. The van der Waals surface area contributed by atoms with E-state index in [2.05, 4.69) is 0 Å². The van der Waals surface area contributed by atoms with Crippen molar-refractivity contribution >= 4 is 11.6 Å². The van der Waals surface area contributed by atoms with Crippen molar-refractivity contribution in [2.24, 2.45) is 69.0 Å². The Labute approximate surface area is 215 Å². The molecule has 0 aromatic rings. The number of hydrogen-bond acceptors (Lipinski definition) is 2. The molecule has 0 aliphatic heterocycles.